The number of nitrogens with one attached hydrogen (secondary N) is 1. The number of nitrogen functional groups attached to an aromatic ring is 1. The molecule has 0 atom stereocenters. The Bertz CT molecular complexity index is 849. The summed E-state index contributed by atoms with van der Waals surface area (Å²) in [6.07, 6.45) is 5.22. The van der Waals surface area contributed by atoms with Crippen molar-refractivity contribution in [3.05, 3.63) is 71.0 Å². The lowest BCUT2D eigenvalue weighted by molar-refractivity contribution is 0.0684. The number of H-pyrrole nitrogens is 1. The highest BCUT2D eigenvalue weighted by molar-refractivity contribution is 7.13. The number of hydrogen-bond donors (Lipinski definition) is 2. The molecule has 0 radical (unpaired) electrons. The number of nitrogens with two attached hydrogens (primary N) is 1. The second-order valence-corrected chi connectivity index (χ2v) is 7.30. The van der Waals surface area contributed by atoms with Crippen LogP contribution in [-0.4, -0.2) is 33.9 Å². The Hall–Kier alpha value is -2.60. The second kappa shape index (κ2) is 6.37. The topological polar surface area (TPSA) is 75.0 Å². The number of rotatable bonds is 3. The zero-order valence-electron chi connectivity index (χ0n) is 13.8. The molecule has 0 spiro atoms. The van der Waals surface area contributed by atoms with Crippen molar-refractivity contribution < 1.29 is 4.79 Å². The van der Waals surface area contributed by atoms with Crippen LogP contribution in [0.3, 0.4) is 0 Å². The van der Waals surface area contributed by atoms with E-state index in [4.69, 9.17) is 5.73 Å². The molecule has 2 aromatic heterocycles. The third-order valence-electron chi connectivity index (χ3n) is 5.09. The summed E-state index contributed by atoms with van der Waals surface area (Å²) >= 11 is 1.48. The van der Waals surface area contributed by atoms with E-state index in [9.17, 15) is 4.79 Å². The molecule has 4 rings (SSSR count). The number of aromatic nitrogens is 2. The van der Waals surface area contributed by atoms with Crippen LogP contribution in [0.2, 0.25) is 0 Å². The van der Waals surface area contributed by atoms with Crippen LogP contribution in [0.1, 0.15) is 34.5 Å². The quantitative estimate of drug-likeness (QED) is 0.760. The molecule has 3 heterocycles. The summed E-state index contributed by atoms with van der Waals surface area (Å²) in [6, 6.07) is 12.3. The van der Waals surface area contributed by atoms with Crippen molar-refractivity contribution in [1.29, 1.82) is 0 Å². The maximum Gasteiger partial charge on any atom is 0.255 e. The summed E-state index contributed by atoms with van der Waals surface area (Å²) in [5.74, 6) is 0.0840. The standard InChI is InChI=1S/C19H20N4OS/c20-18-22-16(13-25-18)19(15-4-2-1-3-5-15)7-10-23(11-8-19)17(24)14-6-9-21-12-14/h1-6,9,12-13,21H,7-8,10-11H2,(H2,20,22). The third kappa shape index (κ3) is 2.82. The Kier molecular flexibility index (Phi) is 4.05. The molecule has 3 N–H and O–H groups in total. The molecule has 0 bridgehead atoms. The lowest BCUT2D eigenvalue weighted by Gasteiger charge is -2.41. The van der Waals surface area contributed by atoms with Crippen LogP contribution in [0.4, 0.5) is 5.13 Å². The summed E-state index contributed by atoms with van der Waals surface area (Å²) in [4.78, 5) is 22.1. The van der Waals surface area contributed by atoms with Crippen LogP contribution >= 0.6 is 11.3 Å². The maximum atomic E-state index is 12.6. The molecule has 1 fully saturated rings. The van der Waals surface area contributed by atoms with E-state index in [1.54, 1.807) is 12.4 Å². The zero-order chi connectivity index (χ0) is 17.3. The smallest absolute Gasteiger partial charge is 0.255 e. The molecule has 1 aromatic carbocycles. The Morgan fingerprint density at radius 3 is 2.56 bits per heavy atom. The number of hydrogen-bond acceptors (Lipinski definition) is 4. The lowest BCUT2D eigenvalue weighted by Crippen LogP contribution is -2.45. The third-order valence-corrected chi connectivity index (χ3v) is 5.76. The van der Waals surface area contributed by atoms with Gasteiger partial charge in [-0.25, -0.2) is 4.98 Å². The SMILES string of the molecule is Nc1nc(C2(c3ccccc3)CCN(C(=O)c3cc[nH]c3)CC2)cs1. The summed E-state index contributed by atoms with van der Waals surface area (Å²) in [5, 5.41) is 2.66. The predicted molar refractivity (Wildman–Crippen MR) is 99.7 cm³/mol. The van der Waals surface area contributed by atoms with Gasteiger partial charge in [0.2, 0.25) is 0 Å². The highest BCUT2D eigenvalue weighted by atomic mass is 32.1. The minimum atomic E-state index is -0.176. The number of carbonyl (C=O) groups excluding carboxylic acids is 1. The number of benzene rings is 1. The first-order valence-corrected chi connectivity index (χ1v) is 9.26. The van der Waals surface area contributed by atoms with Gasteiger partial charge in [-0.05, 0) is 24.5 Å². The predicted octanol–water partition coefficient (Wildman–Crippen LogP) is 3.28. The monoisotopic (exact) mass is 352 g/mol. The molecule has 128 valence electrons. The Morgan fingerprint density at radius 1 is 1.20 bits per heavy atom. The van der Waals surface area contributed by atoms with Gasteiger partial charge in [0.25, 0.3) is 5.91 Å². The van der Waals surface area contributed by atoms with Crippen LogP contribution in [0.25, 0.3) is 0 Å². The van der Waals surface area contributed by atoms with Crippen molar-refractivity contribution in [2.24, 2.45) is 0 Å². The number of carbonyl (C=O) groups is 1. The van der Waals surface area contributed by atoms with E-state index < -0.39 is 0 Å². The first-order valence-electron chi connectivity index (χ1n) is 8.38. The summed E-state index contributed by atoms with van der Waals surface area (Å²) in [7, 11) is 0. The van der Waals surface area contributed by atoms with Crippen LogP contribution in [0, 0.1) is 0 Å². The van der Waals surface area contributed by atoms with E-state index in [0.29, 0.717) is 23.8 Å². The van der Waals surface area contributed by atoms with E-state index in [-0.39, 0.29) is 11.3 Å². The number of thiazole rings is 1. The van der Waals surface area contributed by atoms with Gasteiger partial charge in [0, 0.05) is 36.3 Å². The van der Waals surface area contributed by atoms with Crippen molar-refractivity contribution >= 4 is 22.4 Å². The fourth-order valence-electron chi connectivity index (χ4n) is 3.69. The number of piperidine rings is 1. The van der Waals surface area contributed by atoms with Gasteiger partial charge in [0.15, 0.2) is 5.13 Å². The van der Waals surface area contributed by atoms with Gasteiger partial charge in [0.1, 0.15) is 0 Å². The summed E-state index contributed by atoms with van der Waals surface area (Å²) in [5.41, 5.74) is 8.71. The fraction of sp³-hybridized carbons (Fsp3) is 0.263. The van der Waals surface area contributed by atoms with Gasteiger partial charge in [-0.2, -0.15) is 0 Å². The first kappa shape index (κ1) is 15.9. The fourth-order valence-corrected chi connectivity index (χ4v) is 4.35. The average molecular weight is 352 g/mol. The molecule has 25 heavy (non-hydrogen) atoms. The van der Waals surface area contributed by atoms with Crippen molar-refractivity contribution in [2.45, 2.75) is 18.3 Å². The second-order valence-electron chi connectivity index (χ2n) is 6.41. The lowest BCUT2D eigenvalue weighted by atomic mass is 9.70. The molecular formula is C19H20N4OS. The highest BCUT2D eigenvalue weighted by Crippen LogP contribution is 2.42. The molecule has 1 aliphatic rings. The minimum Gasteiger partial charge on any atom is -0.375 e. The molecule has 1 amide bonds. The van der Waals surface area contributed by atoms with Crippen molar-refractivity contribution in [1.82, 2.24) is 14.9 Å². The Balaban J connectivity index is 1.63. The number of amides is 1. The van der Waals surface area contributed by atoms with Gasteiger partial charge in [-0.3, -0.25) is 4.79 Å². The Morgan fingerprint density at radius 2 is 1.96 bits per heavy atom. The van der Waals surface area contributed by atoms with E-state index in [2.05, 4.69) is 39.6 Å². The molecule has 0 saturated carbocycles. The number of nitrogens with zero attached hydrogens (tertiary/aromatic N) is 2. The number of anilines is 1. The normalized spacial score (nSPS) is 16.7. The van der Waals surface area contributed by atoms with Gasteiger partial charge < -0.3 is 15.6 Å². The number of aromatic amines is 1. The first-order chi connectivity index (χ1) is 12.2. The molecule has 6 heteroatoms. The highest BCUT2D eigenvalue weighted by Gasteiger charge is 2.40. The van der Waals surface area contributed by atoms with Crippen molar-refractivity contribution in [2.75, 3.05) is 18.8 Å². The molecule has 0 aliphatic carbocycles. The van der Waals surface area contributed by atoms with Gasteiger partial charge in [-0.15, -0.1) is 11.3 Å². The molecule has 5 nitrogen and oxygen atoms in total. The van der Waals surface area contributed by atoms with Gasteiger partial charge >= 0.3 is 0 Å². The van der Waals surface area contributed by atoms with Crippen molar-refractivity contribution in [3.63, 3.8) is 0 Å². The molecule has 1 saturated heterocycles. The molecule has 1 aliphatic heterocycles. The Labute approximate surface area is 150 Å². The van der Waals surface area contributed by atoms with Crippen molar-refractivity contribution in [3.8, 4) is 0 Å². The van der Waals surface area contributed by atoms with E-state index in [0.717, 1.165) is 18.5 Å². The van der Waals surface area contributed by atoms with Crippen LogP contribution < -0.4 is 5.73 Å². The zero-order valence-corrected chi connectivity index (χ0v) is 14.6. The summed E-state index contributed by atoms with van der Waals surface area (Å²) in [6.45, 7) is 1.41. The van der Waals surface area contributed by atoms with E-state index in [1.807, 2.05) is 17.0 Å². The van der Waals surface area contributed by atoms with E-state index in [1.165, 1.54) is 16.9 Å². The average Bonchev–Trinajstić information content (AvgIpc) is 3.34. The molecule has 3 aromatic rings. The van der Waals surface area contributed by atoms with Gasteiger partial charge in [0.05, 0.1) is 11.3 Å². The van der Waals surface area contributed by atoms with Gasteiger partial charge in [-0.1, -0.05) is 30.3 Å². The van der Waals surface area contributed by atoms with E-state index >= 15 is 0 Å². The number of likely N-dealkylation sites (tertiary alicyclic amines) is 1. The largest absolute Gasteiger partial charge is 0.375 e. The van der Waals surface area contributed by atoms with Crippen LogP contribution in [-0.2, 0) is 5.41 Å². The van der Waals surface area contributed by atoms with Crippen LogP contribution in [0.5, 0.6) is 0 Å². The molecular weight excluding hydrogens is 332 g/mol. The maximum absolute atomic E-state index is 12.6. The minimum absolute atomic E-state index is 0.0840. The van der Waals surface area contributed by atoms with Crippen LogP contribution in [0.15, 0.2) is 54.2 Å². The summed E-state index contributed by atoms with van der Waals surface area (Å²) < 4.78 is 0. The molecule has 0 unspecified atom stereocenters.